The van der Waals surface area contributed by atoms with Gasteiger partial charge >= 0.3 is 5.97 Å². The molecule has 1 N–H and O–H groups in total. The van der Waals surface area contributed by atoms with Crippen molar-refractivity contribution in [3.8, 4) is 0 Å². The molecule has 0 bridgehead atoms. The molecule has 0 saturated carbocycles. The third-order valence-electron chi connectivity index (χ3n) is 2.04. The Kier molecular flexibility index (Phi) is 2.96. The van der Waals surface area contributed by atoms with Gasteiger partial charge in [-0.15, -0.1) is 0 Å². The third kappa shape index (κ3) is 2.09. The third-order valence-corrected chi connectivity index (χ3v) is 3.02. The number of ether oxygens (including phenoxy) is 1. The minimum atomic E-state index is -0.546. The summed E-state index contributed by atoms with van der Waals surface area (Å²) in [5.41, 5.74) is 1.07. The number of hydrogen-bond donors (Lipinski definition) is 1. The van der Waals surface area contributed by atoms with E-state index in [0.717, 1.165) is 28.4 Å². The van der Waals surface area contributed by atoms with E-state index < -0.39 is 5.97 Å². The van der Waals surface area contributed by atoms with Gasteiger partial charge in [-0.3, -0.25) is 4.79 Å². The fourth-order valence-electron chi connectivity index (χ4n) is 1.28. The minimum Gasteiger partial charge on any atom is -0.466 e. The van der Waals surface area contributed by atoms with Crippen molar-refractivity contribution in [1.82, 2.24) is 0 Å². The number of carbonyl (C=O) groups is 2. The molecular formula is C11H9NO3S. The number of esters is 1. The summed E-state index contributed by atoms with van der Waals surface area (Å²) in [6.45, 7) is 0. The van der Waals surface area contributed by atoms with Crippen LogP contribution in [-0.4, -0.2) is 18.2 Å². The van der Waals surface area contributed by atoms with Crippen molar-refractivity contribution in [1.29, 1.82) is 0 Å². The molecule has 4 nitrogen and oxygen atoms in total. The number of methoxy groups -OCH3 is 1. The van der Waals surface area contributed by atoms with E-state index in [4.69, 9.17) is 0 Å². The Morgan fingerprint density at radius 1 is 1.44 bits per heavy atom. The second-order valence-electron chi connectivity index (χ2n) is 3.09. The van der Waals surface area contributed by atoms with E-state index in [2.05, 4.69) is 10.1 Å². The summed E-state index contributed by atoms with van der Waals surface area (Å²) in [5, 5.41) is 2.71. The zero-order valence-corrected chi connectivity index (χ0v) is 9.34. The Bertz CT molecular complexity index is 482. The number of benzene rings is 1. The van der Waals surface area contributed by atoms with Gasteiger partial charge in [-0.1, -0.05) is 12.1 Å². The lowest BCUT2D eigenvalue weighted by Crippen LogP contribution is -2.15. The molecule has 1 aliphatic heterocycles. The molecule has 0 atom stereocenters. The summed E-state index contributed by atoms with van der Waals surface area (Å²) in [6, 6.07) is 7.41. The number of anilines is 1. The molecule has 0 amide bonds. The molecule has 1 aromatic carbocycles. The van der Waals surface area contributed by atoms with Crippen LogP contribution in [0.4, 0.5) is 5.69 Å². The van der Waals surface area contributed by atoms with Crippen LogP contribution in [0.15, 0.2) is 40.9 Å². The Morgan fingerprint density at radius 2 is 2.19 bits per heavy atom. The quantitative estimate of drug-likeness (QED) is 0.594. The van der Waals surface area contributed by atoms with E-state index in [9.17, 15) is 9.59 Å². The zero-order chi connectivity index (χ0) is 11.5. The van der Waals surface area contributed by atoms with Gasteiger partial charge in [0.25, 0.3) is 0 Å². The predicted molar refractivity (Wildman–Crippen MR) is 61.0 cm³/mol. The van der Waals surface area contributed by atoms with E-state index in [1.807, 2.05) is 24.3 Å². The Hall–Kier alpha value is -1.75. The molecule has 0 unspecified atom stereocenters. The van der Waals surface area contributed by atoms with Crippen molar-refractivity contribution < 1.29 is 14.3 Å². The first-order chi connectivity index (χ1) is 7.70. The summed E-state index contributed by atoms with van der Waals surface area (Å²) in [5.74, 6) is -0.546. The highest BCUT2D eigenvalue weighted by Crippen LogP contribution is 2.34. The smallest absolute Gasteiger partial charge is 0.332 e. The molecule has 1 heterocycles. The monoisotopic (exact) mass is 235 g/mol. The summed E-state index contributed by atoms with van der Waals surface area (Å²) >= 11 is 1.09. The standard InChI is InChI=1S/C11H9NO3S/c1-15-10(13)6-8-11(14)16-9-5-3-2-4-7(9)12-8/h2-6,12H,1H3. The number of para-hydroxylation sites is 1. The molecule has 0 spiro atoms. The first-order valence-electron chi connectivity index (χ1n) is 4.58. The fourth-order valence-corrected chi connectivity index (χ4v) is 2.08. The van der Waals surface area contributed by atoms with Crippen molar-refractivity contribution in [2.24, 2.45) is 0 Å². The Labute approximate surface area is 96.7 Å². The molecule has 5 heteroatoms. The topological polar surface area (TPSA) is 55.4 Å². The van der Waals surface area contributed by atoms with Gasteiger partial charge in [-0.25, -0.2) is 4.79 Å². The van der Waals surface area contributed by atoms with E-state index in [0.29, 0.717) is 0 Å². The largest absolute Gasteiger partial charge is 0.466 e. The number of rotatable bonds is 1. The molecule has 0 aromatic heterocycles. The van der Waals surface area contributed by atoms with E-state index >= 15 is 0 Å². The summed E-state index contributed by atoms with van der Waals surface area (Å²) in [4.78, 5) is 23.5. The average Bonchev–Trinajstić information content (AvgIpc) is 2.30. The van der Waals surface area contributed by atoms with Gasteiger partial charge < -0.3 is 10.1 Å². The second-order valence-corrected chi connectivity index (χ2v) is 4.11. The van der Waals surface area contributed by atoms with Gasteiger partial charge in [0.1, 0.15) is 5.70 Å². The minimum absolute atomic E-state index is 0.191. The fraction of sp³-hybridized carbons (Fsp3) is 0.0909. The molecule has 16 heavy (non-hydrogen) atoms. The number of carbonyl (C=O) groups excluding carboxylic acids is 2. The maximum atomic E-state index is 11.6. The van der Waals surface area contributed by atoms with Gasteiger partial charge in [0.2, 0.25) is 5.12 Å². The molecule has 0 aliphatic carbocycles. The molecular weight excluding hydrogens is 226 g/mol. The van der Waals surface area contributed by atoms with Crippen molar-refractivity contribution in [3.05, 3.63) is 36.0 Å². The highest BCUT2D eigenvalue weighted by atomic mass is 32.2. The Morgan fingerprint density at radius 3 is 2.94 bits per heavy atom. The first-order valence-corrected chi connectivity index (χ1v) is 5.40. The average molecular weight is 235 g/mol. The molecule has 0 radical (unpaired) electrons. The van der Waals surface area contributed by atoms with Crippen LogP contribution in [0, 0.1) is 0 Å². The molecule has 1 aromatic rings. The molecule has 0 fully saturated rings. The normalized spacial score (nSPS) is 16.6. The molecule has 2 rings (SSSR count). The van der Waals surface area contributed by atoms with Gasteiger partial charge in [-0.2, -0.15) is 0 Å². The molecule has 0 saturated heterocycles. The van der Waals surface area contributed by atoms with Crippen molar-refractivity contribution in [3.63, 3.8) is 0 Å². The van der Waals surface area contributed by atoms with Crippen LogP contribution >= 0.6 is 11.8 Å². The van der Waals surface area contributed by atoms with Crippen LogP contribution in [0.25, 0.3) is 0 Å². The molecule has 1 aliphatic rings. The van der Waals surface area contributed by atoms with Crippen LogP contribution in [-0.2, 0) is 14.3 Å². The van der Waals surface area contributed by atoms with Crippen molar-refractivity contribution in [2.45, 2.75) is 4.90 Å². The first kappa shape index (κ1) is 10.8. The van der Waals surface area contributed by atoms with Crippen LogP contribution in [0.3, 0.4) is 0 Å². The van der Waals surface area contributed by atoms with E-state index in [-0.39, 0.29) is 10.8 Å². The van der Waals surface area contributed by atoms with Gasteiger partial charge in [0, 0.05) is 4.90 Å². The van der Waals surface area contributed by atoms with Crippen LogP contribution in [0.5, 0.6) is 0 Å². The highest BCUT2D eigenvalue weighted by Gasteiger charge is 2.21. The van der Waals surface area contributed by atoms with Crippen molar-refractivity contribution >= 4 is 28.5 Å². The van der Waals surface area contributed by atoms with Crippen LogP contribution < -0.4 is 5.32 Å². The summed E-state index contributed by atoms with van der Waals surface area (Å²) in [6.07, 6.45) is 1.16. The summed E-state index contributed by atoms with van der Waals surface area (Å²) < 4.78 is 4.47. The number of hydrogen-bond acceptors (Lipinski definition) is 5. The second kappa shape index (κ2) is 4.40. The van der Waals surface area contributed by atoms with Gasteiger partial charge in [-0.05, 0) is 23.9 Å². The number of thioether (sulfide) groups is 1. The maximum Gasteiger partial charge on any atom is 0.332 e. The highest BCUT2D eigenvalue weighted by molar-refractivity contribution is 8.14. The lowest BCUT2D eigenvalue weighted by Gasteiger charge is -2.18. The number of nitrogens with one attached hydrogen (secondary N) is 1. The van der Waals surface area contributed by atoms with E-state index in [1.54, 1.807) is 0 Å². The van der Waals surface area contributed by atoms with Crippen LogP contribution in [0.2, 0.25) is 0 Å². The number of fused-ring (bicyclic) bond motifs is 1. The van der Waals surface area contributed by atoms with Gasteiger partial charge in [0.05, 0.1) is 18.9 Å². The van der Waals surface area contributed by atoms with Gasteiger partial charge in [0.15, 0.2) is 0 Å². The zero-order valence-electron chi connectivity index (χ0n) is 8.52. The predicted octanol–water partition coefficient (Wildman–Crippen LogP) is 1.79. The SMILES string of the molecule is COC(=O)C=C1Nc2ccccc2SC1=O. The van der Waals surface area contributed by atoms with Crippen LogP contribution in [0.1, 0.15) is 0 Å². The van der Waals surface area contributed by atoms with Crippen molar-refractivity contribution in [2.75, 3.05) is 12.4 Å². The Balaban J connectivity index is 2.31. The lowest BCUT2D eigenvalue weighted by molar-refractivity contribution is -0.135. The molecule has 82 valence electrons. The van der Waals surface area contributed by atoms with E-state index in [1.165, 1.54) is 7.11 Å². The maximum absolute atomic E-state index is 11.6. The summed E-state index contributed by atoms with van der Waals surface area (Å²) in [7, 11) is 1.27. The lowest BCUT2D eigenvalue weighted by atomic mass is 10.3.